The molecule has 1 aliphatic heterocycles. The Balaban J connectivity index is 1.81. The van der Waals surface area contributed by atoms with Gasteiger partial charge < -0.3 is 10.6 Å². The van der Waals surface area contributed by atoms with Crippen LogP contribution in [0.5, 0.6) is 0 Å². The van der Waals surface area contributed by atoms with Crippen LogP contribution in [-0.2, 0) is 15.1 Å². The summed E-state index contributed by atoms with van der Waals surface area (Å²) >= 11 is 5.99. The molecule has 156 valence electrons. The van der Waals surface area contributed by atoms with Crippen LogP contribution in [0.4, 0.5) is 16.2 Å². The van der Waals surface area contributed by atoms with Crippen LogP contribution in [0.25, 0.3) is 0 Å². The summed E-state index contributed by atoms with van der Waals surface area (Å²) in [7, 11) is 0. The van der Waals surface area contributed by atoms with Gasteiger partial charge in [0.15, 0.2) is 0 Å². The molecule has 0 spiro atoms. The van der Waals surface area contributed by atoms with Crippen LogP contribution in [0.2, 0.25) is 5.02 Å². The lowest BCUT2D eigenvalue weighted by Crippen LogP contribution is -2.44. The van der Waals surface area contributed by atoms with Gasteiger partial charge in [0.25, 0.3) is 11.6 Å². The molecule has 0 saturated carbocycles. The third kappa shape index (κ3) is 3.97. The fraction of sp³-hybridized carbons (Fsp3) is 0.250. The molecule has 1 fully saturated rings. The Hall–Kier alpha value is -3.46. The lowest BCUT2D eigenvalue weighted by molar-refractivity contribution is -0.384. The van der Waals surface area contributed by atoms with Gasteiger partial charge in [-0.3, -0.25) is 24.6 Å². The molecule has 1 aliphatic rings. The Morgan fingerprint density at radius 2 is 1.93 bits per heavy atom. The Labute approximate surface area is 177 Å². The van der Waals surface area contributed by atoms with Crippen LogP contribution < -0.4 is 10.6 Å². The van der Waals surface area contributed by atoms with Crippen molar-refractivity contribution >= 4 is 40.8 Å². The molecule has 2 aromatic carbocycles. The van der Waals surface area contributed by atoms with Crippen molar-refractivity contribution in [2.45, 2.75) is 25.3 Å². The van der Waals surface area contributed by atoms with E-state index in [1.165, 1.54) is 12.1 Å². The van der Waals surface area contributed by atoms with Crippen molar-refractivity contribution in [2.75, 3.05) is 11.9 Å². The minimum Gasteiger partial charge on any atom is -0.323 e. The van der Waals surface area contributed by atoms with Crippen LogP contribution in [-0.4, -0.2) is 34.2 Å². The summed E-state index contributed by atoms with van der Waals surface area (Å²) in [6, 6.07) is 11.8. The first-order chi connectivity index (χ1) is 14.3. The van der Waals surface area contributed by atoms with Gasteiger partial charge in [0.05, 0.1) is 15.6 Å². The Kier molecular flexibility index (Phi) is 6.02. The molecule has 30 heavy (non-hydrogen) atoms. The quantitative estimate of drug-likeness (QED) is 0.396. The number of hydrogen-bond donors (Lipinski definition) is 2. The molecule has 0 bridgehead atoms. The number of hydrogen-bond acceptors (Lipinski definition) is 5. The van der Waals surface area contributed by atoms with E-state index >= 15 is 0 Å². The standard InChI is InChI=1S/C20H19ClN4O5/c1-2-10-20(13-6-4-3-5-7-13)18(27)24(19(28)23-20)12-17(26)22-16-11-14(25(29)30)8-9-15(16)21/h3-9,11H,2,10,12H2,1H3,(H,22,26)(H,23,28). The molecule has 2 aromatic rings. The zero-order valence-electron chi connectivity index (χ0n) is 16.1. The highest BCUT2D eigenvalue weighted by Crippen LogP contribution is 2.33. The second kappa shape index (κ2) is 8.50. The Morgan fingerprint density at radius 1 is 1.23 bits per heavy atom. The molecule has 1 unspecified atom stereocenters. The van der Waals surface area contributed by atoms with Gasteiger partial charge in [-0.1, -0.05) is 55.3 Å². The first-order valence-corrected chi connectivity index (χ1v) is 9.59. The minimum absolute atomic E-state index is 0.0193. The number of nitro groups is 1. The summed E-state index contributed by atoms with van der Waals surface area (Å²) in [5.41, 5.74) is -0.840. The predicted octanol–water partition coefficient (Wildman–Crippen LogP) is 3.43. The van der Waals surface area contributed by atoms with Gasteiger partial charge in [-0.15, -0.1) is 0 Å². The van der Waals surface area contributed by atoms with Crippen molar-refractivity contribution in [2.24, 2.45) is 0 Å². The summed E-state index contributed by atoms with van der Waals surface area (Å²) in [4.78, 5) is 49.3. The highest BCUT2D eigenvalue weighted by molar-refractivity contribution is 6.33. The maximum absolute atomic E-state index is 13.2. The first-order valence-electron chi connectivity index (χ1n) is 9.22. The maximum Gasteiger partial charge on any atom is 0.325 e. The summed E-state index contributed by atoms with van der Waals surface area (Å²) in [6.45, 7) is 1.34. The molecule has 3 rings (SSSR count). The predicted molar refractivity (Wildman–Crippen MR) is 110 cm³/mol. The molecule has 10 heteroatoms. The highest BCUT2D eigenvalue weighted by atomic mass is 35.5. The number of benzene rings is 2. The van der Waals surface area contributed by atoms with E-state index in [0.29, 0.717) is 18.4 Å². The summed E-state index contributed by atoms with van der Waals surface area (Å²) < 4.78 is 0. The molecule has 1 atom stereocenters. The Morgan fingerprint density at radius 3 is 2.57 bits per heavy atom. The van der Waals surface area contributed by atoms with Crippen LogP contribution in [0.15, 0.2) is 48.5 Å². The van der Waals surface area contributed by atoms with Gasteiger partial charge in [-0.25, -0.2) is 4.79 Å². The van der Waals surface area contributed by atoms with E-state index < -0.39 is 34.9 Å². The molecule has 0 aromatic heterocycles. The largest absolute Gasteiger partial charge is 0.325 e. The zero-order valence-corrected chi connectivity index (χ0v) is 16.8. The van der Waals surface area contributed by atoms with Crippen LogP contribution in [0.3, 0.4) is 0 Å². The molecule has 1 heterocycles. The number of halogens is 1. The van der Waals surface area contributed by atoms with Crippen molar-refractivity contribution in [1.29, 1.82) is 0 Å². The number of imide groups is 1. The molecule has 1 saturated heterocycles. The SMILES string of the molecule is CCCC1(c2ccccc2)NC(=O)N(CC(=O)Nc2cc([N+](=O)[O-])ccc2Cl)C1=O. The van der Waals surface area contributed by atoms with Crippen molar-refractivity contribution in [3.05, 3.63) is 69.2 Å². The third-order valence-electron chi connectivity index (χ3n) is 4.80. The van der Waals surface area contributed by atoms with Crippen molar-refractivity contribution in [3.8, 4) is 0 Å². The minimum atomic E-state index is -1.24. The van der Waals surface area contributed by atoms with Gasteiger partial charge in [-0.2, -0.15) is 0 Å². The van der Waals surface area contributed by atoms with Gasteiger partial charge in [0.1, 0.15) is 12.1 Å². The summed E-state index contributed by atoms with van der Waals surface area (Å²) in [5, 5.41) is 16.2. The third-order valence-corrected chi connectivity index (χ3v) is 5.13. The smallest absolute Gasteiger partial charge is 0.323 e. The van der Waals surface area contributed by atoms with E-state index in [-0.39, 0.29) is 16.4 Å². The first kappa shape index (κ1) is 21.3. The van der Waals surface area contributed by atoms with E-state index in [1.807, 2.05) is 6.92 Å². The molecular formula is C20H19ClN4O5. The number of rotatable bonds is 7. The van der Waals surface area contributed by atoms with Gasteiger partial charge in [-0.05, 0) is 18.1 Å². The van der Waals surface area contributed by atoms with E-state index in [1.54, 1.807) is 30.3 Å². The number of amides is 4. The van der Waals surface area contributed by atoms with Crippen molar-refractivity contribution in [3.63, 3.8) is 0 Å². The van der Waals surface area contributed by atoms with Crippen LogP contribution in [0.1, 0.15) is 25.3 Å². The molecule has 9 nitrogen and oxygen atoms in total. The number of non-ortho nitro benzene ring substituents is 1. The van der Waals surface area contributed by atoms with Gasteiger partial charge in [0, 0.05) is 12.1 Å². The number of carbonyl (C=O) groups is 3. The van der Waals surface area contributed by atoms with E-state index in [0.717, 1.165) is 11.0 Å². The second-order valence-corrected chi connectivity index (χ2v) is 7.22. The monoisotopic (exact) mass is 430 g/mol. The van der Waals surface area contributed by atoms with Crippen molar-refractivity contribution in [1.82, 2.24) is 10.2 Å². The molecule has 0 radical (unpaired) electrons. The van der Waals surface area contributed by atoms with Crippen LogP contribution in [0, 0.1) is 10.1 Å². The van der Waals surface area contributed by atoms with E-state index in [9.17, 15) is 24.5 Å². The number of anilines is 1. The van der Waals surface area contributed by atoms with E-state index in [4.69, 9.17) is 11.6 Å². The molecule has 0 aliphatic carbocycles. The number of carbonyl (C=O) groups excluding carboxylic acids is 3. The van der Waals surface area contributed by atoms with Gasteiger partial charge >= 0.3 is 6.03 Å². The fourth-order valence-electron chi connectivity index (χ4n) is 3.43. The molecule has 4 amide bonds. The summed E-state index contributed by atoms with van der Waals surface area (Å²) in [6.07, 6.45) is 1.00. The number of nitrogens with zero attached hydrogens (tertiary/aromatic N) is 2. The van der Waals surface area contributed by atoms with Crippen molar-refractivity contribution < 1.29 is 19.3 Å². The zero-order chi connectivity index (χ0) is 21.9. The molecular weight excluding hydrogens is 412 g/mol. The summed E-state index contributed by atoms with van der Waals surface area (Å²) in [5.74, 6) is -1.23. The maximum atomic E-state index is 13.2. The number of urea groups is 1. The average molecular weight is 431 g/mol. The highest BCUT2D eigenvalue weighted by Gasteiger charge is 2.52. The normalized spacial score (nSPS) is 18.3. The van der Waals surface area contributed by atoms with E-state index in [2.05, 4.69) is 10.6 Å². The lowest BCUT2D eigenvalue weighted by atomic mass is 9.85. The lowest BCUT2D eigenvalue weighted by Gasteiger charge is -2.26. The average Bonchev–Trinajstić information content (AvgIpc) is 2.95. The number of nitro benzene ring substituents is 1. The van der Waals surface area contributed by atoms with Gasteiger partial charge in [0.2, 0.25) is 5.91 Å². The fourth-order valence-corrected chi connectivity index (χ4v) is 3.60. The molecule has 2 N–H and O–H groups in total. The number of nitrogens with one attached hydrogen (secondary N) is 2. The second-order valence-electron chi connectivity index (χ2n) is 6.81. The Bertz CT molecular complexity index is 1010. The topological polar surface area (TPSA) is 122 Å². The van der Waals surface area contributed by atoms with Crippen LogP contribution >= 0.6 is 11.6 Å².